The van der Waals surface area contributed by atoms with E-state index in [2.05, 4.69) is 4.74 Å². The average Bonchev–Trinajstić information content (AvgIpc) is 2.31. The molecular formula is C5H5FO3S2. The lowest BCUT2D eigenvalue weighted by Gasteiger charge is -1.95. The van der Waals surface area contributed by atoms with Crippen LogP contribution >= 0.6 is 11.3 Å². The molecule has 0 aliphatic rings. The molecule has 0 aliphatic carbocycles. The lowest BCUT2D eigenvalue weighted by molar-refractivity contribution is 0.405. The molecule has 0 spiro atoms. The van der Waals surface area contributed by atoms with E-state index in [9.17, 15) is 12.3 Å². The van der Waals surface area contributed by atoms with Crippen molar-refractivity contribution in [1.82, 2.24) is 0 Å². The second-order valence-corrected chi connectivity index (χ2v) is 4.17. The van der Waals surface area contributed by atoms with Gasteiger partial charge in [-0.25, -0.2) is 0 Å². The van der Waals surface area contributed by atoms with Crippen molar-refractivity contribution in [2.75, 3.05) is 7.11 Å². The molecule has 0 radical (unpaired) electrons. The summed E-state index contributed by atoms with van der Waals surface area (Å²) in [5.41, 5.74) is 0. The van der Waals surface area contributed by atoms with Gasteiger partial charge in [0.05, 0.1) is 7.11 Å². The predicted octanol–water partition coefficient (Wildman–Crippen LogP) is 1.41. The van der Waals surface area contributed by atoms with Crippen LogP contribution in [0.3, 0.4) is 0 Å². The van der Waals surface area contributed by atoms with E-state index in [0.29, 0.717) is 0 Å². The highest BCUT2D eigenvalue weighted by molar-refractivity contribution is 7.88. The summed E-state index contributed by atoms with van der Waals surface area (Å²) in [6.45, 7) is 0. The van der Waals surface area contributed by atoms with Gasteiger partial charge in [-0.2, -0.15) is 8.42 Å². The first-order valence-electron chi connectivity index (χ1n) is 2.62. The minimum Gasteiger partial charge on any atom is -0.494 e. The highest BCUT2D eigenvalue weighted by atomic mass is 32.3. The summed E-state index contributed by atoms with van der Waals surface area (Å²) in [5.74, 6) is 0.0532. The molecule has 0 atom stereocenters. The Hall–Kier alpha value is -0.620. The van der Waals surface area contributed by atoms with Gasteiger partial charge in [0, 0.05) is 0 Å². The first-order chi connectivity index (χ1) is 5.05. The van der Waals surface area contributed by atoms with Crippen molar-refractivity contribution in [3.05, 3.63) is 11.4 Å². The van der Waals surface area contributed by atoms with E-state index in [-0.39, 0.29) is 9.96 Å². The van der Waals surface area contributed by atoms with E-state index < -0.39 is 10.2 Å². The molecule has 1 aromatic heterocycles. The fourth-order valence-corrected chi connectivity index (χ4v) is 2.21. The third kappa shape index (κ3) is 1.69. The summed E-state index contributed by atoms with van der Waals surface area (Å²) in [7, 11) is -3.32. The van der Waals surface area contributed by atoms with Crippen molar-refractivity contribution in [2.24, 2.45) is 0 Å². The Bertz CT molecular complexity index is 340. The second-order valence-electron chi connectivity index (χ2n) is 1.71. The van der Waals surface area contributed by atoms with E-state index in [1.54, 1.807) is 0 Å². The number of ether oxygens (including phenoxy) is 1. The van der Waals surface area contributed by atoms with Crippen LogP contribution in [-0.4, -0.2) is 15.5 Å². The Kier molecular flexibility index (Phi) is 2.15. The fourth-order valence-electron chi connectivity index (χ4n) is 0.613. The zero-order chi connectivity index (χ0) is 8.48. The first kappa shape index (κ1) is 8.48. The van der Waals surface area contributed by atoms with E-state index in [4.69, 9.17) is 0 Å². The van der Waals surface area contributed by atoms with Crippen molar-refractivity contribution in [1.29, 1.82) is 0 Å². The summed E-state index contributed by atoms with van der Waals surface area (Å²) in [5, 5.41) is 1.45. The largest absolute Gasteiger partial charge is 0.494 e. The summed E-state index contributed by atoms with van der Waals surface area (Å²) in [6, 6.07) is 1.40. The molecule has 11 heavy (non-hydrogen) atoms. The van der Waals surface area contributed by atoms with Crippen LogP contribution in [0.5, 0.6) is 5.75 Å². The summed E-state index contributed by atoms with van der Waals surface area (Å²) < 4.78 is 37.2. The van der Waals surface area contributed by atoms with Gasteiger partial charge in [0.25, 0.3) is 0 Å². The molecule has 0 unspecified atom stereocenters. The molecule has 0 bridgehead atoms. The molecule has 0 fully saturated rings. The molecule has 0 saturated heterocycles. The Morgan fingerprint density at radius 3 is 2.64 bits per heavy atom. The Balaban J connectivity index is 3.24. The van der Waals surface area contributed by atoms with Crippen LogP contribution in [0.1, 0.15) is 0 Å². The van der Waals surface area contributed by atoms with Crippen LogP contribution in [0.25, 0.3) is 0 Å². The van der Waals surface area contributed by atoms with Gasteiger partial charge in [-0.05, 0) is 11.4 Å². The zero-order valence-electron chi connectivity index (χ0n) is 5.57. The normalized spacial score (nSPS) is 11.5. The van der Waals surface area contributed by atoms with Crippen LogP contribution in [0, 0.1) is 0 Å². The quantitative estimate of drug-likeness (QED) is 0.672. The predicted molar refractivity (Wildman–Crippen MR) is 39.2 cm³/mol. The van der Waals surface area contributed by atoms with Gasteiger partial charge in [0.15, 0.2) is 9.96 Å². The summed E-state index contributed by atoms with van der Waals surface area (Å²) in [6.07, 6.45) is 0. The molecule has 1 rings (SSSR count). The average molecular weight is 196 g/mol. The minimum absolute atomic E-state index is 0.0532. The highest BCUT2D eigenvalue weighted by Gasteiger charge is 2.19. The SMILES string of the molecule is COc1ccsc1S(=O)(=O)F. The maximum absolute atomic E-state index is 12.3. The number of methoxy groups -OCH3 is 1. The van der Waals surface area contributed by atoms with Crippen molar-refractivity contribution >= 4 is 21.6 Å². The van der Waals surface area contributed by atoms with Crippen molar-refractivity contribution in [2.45, 2.75) is 4.21 Å². The lowest BCUT2D eigenvalue weighted by atomic mass is 10.6. The maximum atomic E-state index is 12.3. The van der Waals surface area contributed by atoms with Crippen LogP contribution in [0.2, 0.25) is 0 Å². The van der Waals surface area contributed by atoms with E-state index >= 15 is 0 Å². The molecule has 0 amide bonds. The molecule has 0 saturated carbocycles. The molecule has 3 nitrogen and oxygen atoms in total. The van der Waals surface area contributed by atoms with Gasteiger partial charge in [-0.15, -0.1) is 11.3 Å². The third-order valence-corrected chi connectivity index (χ3v) is 3.25. The standard InChI is InChI=1S/C5H5FO3S2/c1-9-4-2-3-10-5(4)11(6,7)8/h2-3H,1H3. The van der Waals surface area contributed by atoms with Crippen LogP contribution < -0.4 is 4.74 Å². The Labute approximate surface area is 67.6 Å². The van der Waals surface area contributed by atoms with Crippen molar-refractivity contribution < 1.29 is 17.0 Å². The van der Waals surface area contributed by atoms with Crippen LogP contribution in [0.15, 0.2) is 15.7 Å². The van der Waals surface area contributed by atoms with Gasteiger partial charge < -0.3 is 4.74 Å². The van der Waals surface area contributed by atoms with Crippen molar-refractivity contribution in [3.8, 4) is 5.75 Å². The molecule has 6 heteroatoms. The molecule has 1 heterocycles. The van der Waals surface area contributed by atoms with Crippen molar-refractivity contribution in [3.63, 3.8) is 0 Å². The fraction of sp³-hybridized carbons (Fsp3) is 0.200. The number of hydrogen-bond donors (Lipinski definition) is 0. The lowest BCUT2D eigenvalue weighted by Crippen LogP contribution is -1.91. The Morgan fingerprint density at radius 2 is 2.27 bits per heavy atom. The number of thiophene rings is 1. The third-order valence-electron chi connectivity index (χ3n) is 1.04. The number of halogens is 1. The molecule has 0 aromatic carbocycles. The second kappa shape index (κ2) is 2.78. The van der Waals surface area contributed by atoms with Crippen LogP contribution in [-0.2, 0) is 10.2 Å². The summed E-state index contributed by atoms with van der Waals surface area (Å²) in [4.78, 5) is 0. The molecule has 62 valence electrons. The van der Waals surface area contributed by atoms with Gasteiger partial charge in [0.1, 0.15) is 0 Å². The van der Waals surface area contributed by atoms with Gasteiger partial charge in [-0.3, -0.25) is 0 Å². The van der Waals surface area contributed by atoms with E-state index in [1.807, 2.05) is 0 Å². The van der Waals surface area contributed by atoms with Gasteiger partial charge in [0.2, 0.25) is 0 Å². The van der Waals surface area contributed by atoms with Crippen LogP contribution in [0.4, 0.5) is 3.89 Å². The monoisotopic (exact) mass is 196 g/mol. The Morgan fingerprint density at radius 1 is 1.64 bits per heavy atom. The summed E-state index contributed by atoms with van der Waals surface area (Å²) >= 11 is 0.793. The van der Waals surface area contributed by atoms with E-state index in [0.717, 1.165) is 11.3 Å². The number of rotatable bonds is 2. The molecule has 0 aliphatic heterocycles. The molecular weight excluding hydrogens is 191 g/mol. The zero-order valence-corrected chi connectivity index (χ0v) is 7.21. The topological polar surface area (TPSA) is 43.4 Å². The van der Waals surface area contributed by atoms with Gasteiger partial charge in [-0.1, -0.05) is 3.89 Å². The van der Waals surface area contributed by atoms with Gasteiger partial charge >= 0.3 is 10.2 Å². The first-order valence-corrected chi connectivity index (χ1v) is 4.88. The van der Waals surface area contributed by atoms with E-state index in [1.165, 1.54) is 18.6 Å². The molecule has 0 N–H and O–H groups in total. The number of hydrogen-bond acceptors (Lipinski definition) is 4. The maximum Gasteiger partial charge on any atom is 0.345 e. The highest BCUT2D eigenvalue weighted by Crippen LogP contribution is 2.30. The smallest absolute Gasteiger partial charge is 0.345 e. The minimum atomic E-state index is -4.61. The molecule has 1 aromatic rings.